The zero-order valence-corrected chi connectivity index (χ0v) is 6.93. The molecule has 56 valence electrons. The lowest BCUT2D eigenvalue weighted by atomic mass is 9.88. The van der Waals surface area contributed by atoms with Crippen molar-refractivity contribution in [3.05, 3.63) is 11.6 Å². The lowest BCUT2D eigenvalue weighted by Gasteiger charge is -2.17. The zero-order chi connectivity index (χ0) is 7.14. The number of fused-ring (bicyclic) bond motifs is 2. The van der Waals surface area contributed by atoms with E-state index in [2.05, 4.69) is 19.9 Å². The highest BCUT2D eigenvalue weighted by atomic mass is 14.4. The Morgan fingerprint density at radius 2 is 2.20 bits per heavy atom. The van der Waals surface area contributed by atoms with Gasteiger partial charge in [0.2, 0.25) is 0 Å². The van der Waals surface area contributed by atoms with Gasteiger partial charge in [-0.25, -0.2) is 0 Å². The lowest BCUT2D eigenvalue weighted by Crippen LogP contribution is -2.05. The van der Waals surface area contributed by atoms with Crippen molar-refractivity contribution in [3.63, 3.8) is 0 Å². The van der Waals surface area contributed by atoms with Crippen LogP contribution in [0.25, 0.3) is 0 Å². The molecule has 2 aliphatic rings. The smallest absolute Gasteiger partial charge is 0.0201 e. The van der Waals surface area contributed by atoms with Crippen molar-refractivity contribution < 1.29 is 0 Å². The molecule has 0 spiro atoms. The summed E-state index contributed by atoms with van der Waals surface area (Å²) in [5.74, 6) is 3.00. The molecule has 0 amide bonds. The van der Waals surface area contributed by atoms with E-state index >= 15 is 0 Å². The second-order valence-corrected chi connectivity index (χ2v) is 4.09. The van der Waals surface area contributed by atoms with Crippen molar-refractivity contribution in [1.82, 2.24) is 0 Å². The predicted molar refractivity (Wildman–Crippen MR) is 43.8 cm³/mol. The van der Waals surface area contributed by atoms with Crippen LogP contribution in [0.5, 0.6) is 0 Å². The van der Waals surface area contributed by atoms with E-state index in [-0.39, 0.29) is 0 Å². The maximum Gasteiger partial charge on any atom is -0.0201 e. The normalized spacial score (nSPS) is 45.4. The highest BCUT2D eigenvalue weighted by Crippen LogP contribution is 2.45. The van der Waals surface area contributed by atoms with Crippen LogP contribution in [0.1, 0.15) is 33.1 Å². The Morgan fingerprint density at radius 3 is 2.90 bits per heavy atom. The Labute approximate surface area is 63.3 Å². The Kier molecular flexibility index (Phi) is 1.36. The van der Waals surface area contributed by atoms with Crippen molar-refractivity contribution >= 4 is 0 Å². The van der Waals surface area contributed by atoms with Crippen LogP contribution in [0.2, 0.25) is 0 Å². The third kappa shape index (κ3) is 0.817. The molecule has 1 fully saturated rings. The summed E-state index contributed by atoms with van der Waals surface area (Å²) in [6.45, 7) is 4.72. The number of hydrogen-bond acceptors (Lipinski definition) is 0. The van der Waals surface area contributed by atoms with Gasteiger partial charge in [0.25, 0.3) is 0 Å². The Balaban J connectivity index is 2.20. The molecule has 10 heavy (non-hydrogen) atoms. The molecule has 2 rings (SSSR count). The van der Waals surface area contributed by atoms with Gasteiger partial charge in [-0.05, 0) is 43.9 Å². The molecule has 0 aliphatic heterocycles. The summed E-state index contributed by atoms with van der Waals surface area (Å²) in [4.78, 5) is 0. The second kappa shape index (κ2) is 2.11. The predicted octanol–water partition coefficient (Wildman–Crippen LogP) is 3.00. The Bertz CT molecular complexity index is 165. The van der Waals surface area contributed by atoms with Gasteiger partial charge in [0.1, 0.15) is 0 Å². The molecule has 3 atom stereocenters. The molecule has 0 radical (unpaired) electrons. The topological polar surface area (TPSA) is 0 Å². The summed E-state index contributed by atoms with van der Waals surface area (Å²) in [7, 11) is 0. The molecule has 0 heteroatoms. The van der Waals surface area contributed by atoms with Crippen molar-refractivity contribution in [2.75, 3.05) is 0 Å². The van der Waals surface area contributed by atoms with Gasteiger partial charge in [0.15, 0.2) is 0 Å². The third-order valence-corrected chi connectivity index (χ3v) is 3.43. The minimum absolute atomic E-state index is 0.966. The summed E-state index contributed by atoms with van der Waals surface area (Å²) in [6.07, 6.45) is 6.78. The van der Waals surface area contributed by atoms with Crippen LogP contribution in [-0.4, -0.2) is 0 Å². The van der Waals surface area contributed by atoms with E-state index in [1.807, 2.05) is 0 Å². The van der Waals surface area contributed by atoms with Crippen molar-refractivity contribution in [3.8, 4) is 0 Å². The molecular formula is C10H16. The van der Waals surface area contributed by atoms with Gasteiger partial charge in [0, 0.05) is 0 Å². The molecule has 2 aliphatic carbocycles. The van der Waals surface area contributed by atoms with Gasteiger partial charge >= 0.3 is 0 Å². The van der Waals surface area contributed by atoms with Gasteiger partial charge in [-0.1, -0.05) is 18.6 Å². The molecule has 2 bridgehead atoms. The average molecular weight is 136 g/mol. The van der Waals surface area contributed by atoms with E-state index < -0.39 is 0 Å². The molecule has 0 nitrogen and oxygen atoms in total. The van der Waals surface area contributed by atoms with Crippen LogP contribution in [-0.2, 0) is 0 Å². The monoisotopic (exact) mass is 136 g/mol. The summed E-state index contributed by atoms with van der Waals surface area (Å²) in [5, 5.41) is 0. The van der Waals surface area contributed by atoms with Crippen LogP contribution < -0.4 is 0 Å². The van der Waals surface area contributed by atoms with Crippen LogP contribution in [0.4, 0.5) is 0 Å². The number of hydrogen-bond donors (Lipinski definition) is 0. The van der Waals surface area contributed by atoms with Crippen LogP contribution >= 0.6 is 0 Å². The molecule has 0 aromatic heterocycles. The standard InChI is InChI=1S/C10H16/c1-7-3-4-9-6-10(7)5-8(9)2/h3,8-10H,4-6H2,1-2H3. The van der Waals surface area contributed by atoms with Gasteiger partial charge in [0.05, 0.1) is 0 Å². The maximum absolute atomic E-state index is 2.46. The van der Waals surface area contributed by atoms with Crippen LogP contribution in [0.3, 0.4) is 0 Å². The average Bonchev–Trinajstić information content (AvgIpc) is 2.21. The van der Waals surface area contributed by atoms with Crippen molar-refractivity contribution in [1.29, 1.82) is 0 Å². The summed E-state index contributed by atoms with van der Waals surface area (Å²) >= 11 is 0. The van der Waals surface area contributed by atoms with Crippen molar-refractivity contribution in [2.24, 2.45) is 17.8 Å². The first-order valence-electron chi connectivity index (χ1n) is 4.44. The van der Waals surface area contributed by atoms with E-state index in [0.29, 0.717) is 0 Å². The number of allylic oxidation sites excluding steroid dienone is 2. The first-order valence-corrected chi connectivity index (χ1v) is 4.44. The quantitative estimate of drug-likeness (QED) is 0.449. The second-order valence-electron chi connectivity index (χ2n) is 4.09. The molecule has 0 aromatic carbocycles. The fraction of sp³-hybridized carbons (Fsp3) is 0.800. The summed E-state index contributed by atoms with van der Waals surface area (Å²) in [6, 6.07) is 0. The van der Waals surface area contributed by atoms with Gasteiger partial charge in [-0.15, -0.1) is 0 Å². The fourth-order valence-electron chi connectivity index (χ4n) is 2.54. The molecule has 0 N–H and O–H groups in total. The van der Waals surface area contributed by atoms with E-state index in [9.17, 15) is 0 Å². The molecule has 3 unspecified atom stereocenters. The minimum Gasteiger partial charge on any atom is -0.0850 e. The molecular weight excluding hydrogens is 120 g/mol. The SMILES string of the molecule is CC1=CCC2CC1CC2C. The Morgan fingerprint density at radius 1 is 1.40 bits per heavy atom. The first kappa shape index (κ1) is 6.45. The molecule has 1 saturated carbocycles. The lowest BCUT2D eigenvalue weighted by molar-refractivity contribution is 0.419. The van der Waals surface area contributed by atoms with Crippen molar-refractivity contribution in [2.45, 2.75) is 33.1 Å². The van der Waals surface area contributed by atoms with Crippen LogP contribution in [0, 0.1) is 17.8 Å². The maximum atomic E-state index is 2.46. The third-order valence-electron chi connectivity index (χ3n) is 3.43. The molecule has 0 heterocycles. The largest absolute Gasteiger partial charge is 0.0850 e. The van der Waals surface area contributed by atoms with Gasteiger partial charge < -0.3 is 0 Å². The van der Waals surface area contributed by atoms with E-state index in [1.165, 1.54) is 19.3 Å². The molecule has 0 saturated heterocycles. The highest BCUT2D eigenvalue weighted by molar-refractivity contribution is 5.12. The minimum atomic E-state index is 0.966. The first-order chi connectivity index (χ1) is 4.77. The van der Waals surface area contributed by atoms with E-state index in [1.54, 1.807) is 5.57 Å². The van der Waals surface area contributed by atoms with E-state index in [4.69, 9.17) is 0 Å². The highest BCUT2D eigenvalue weighted by Gasteiger charge is 2.33. The summed E-state index contributed by atoms with van der Waals surface area (Å²) < 4.78 is 0. The number of rotatable bonds is 0. The van der Waals surface area contributed by atoms with Crippen LogP contribution in [0.15, 0.2) is 11.6 Å². The van der Waals surface area contributed by atoms with Gasteiger partial charge in [-0.2, -0.15) is 0 Å². The van der Waals surface area contributed by atoms with Gasteiger partial charge in [-0.3, -0.25) is 0 Å². The Hall–Kier alpha value is -0.260. The fourth-order valence-corrected chi connectivity index (χ4v) is 2.54. The van der Waals surface area contributed by atoms with E-state index in [0.717, 1.165) is 17.8 Å². The zero-order valence-electron chi connectivity index (χ0n) is 6.93. The summed E-state index contributed by atoms with van der Waals surface area (Å²) in [5.41, 5.74) is 1.67. The molecule has 0 aromatic rings.